The summed E-state index contributed by atoms with van der Waals surface area (Å²) in [6.07, 6.45) is 0. The molecule has 0 unspecified atom stereocenters. The van der Waals surface area contributed by atoms with Crippen molar-refractivity contribution in [1.82, 2.24) is 0 Å². The highest BCUT2D eigenvalue weighted by Gasteiger charge is 2.13. The third kappa shape index (κ3) is 3.02. The Morgan fingerprint density at radius 1 is 1.11 bits per heavy atom. The molecule has 96 valence electrons. The van der Waals surface area contributed by atoms with Crippen molar-refractivity contribution < 1.29 is 8.42 Å². The van der Waals surface area contributed by atoms with Gasteiger partial charge in [-0.15, -0.1) is 0 Å². The zero-order valence-corrected chi connectivity index (χ0v) is 11.5. The van der Waals surface area contributed by atoms with E-state index in [4.69, 9.17) is 0 Å². The molecule has 0 spiro atoms. The maximum atomic E-state index is 12.0. The Hall–Kier alpha value is -1.53. The second-order valence-electron chi connectivity index (χ2n) is 3.67. The normalized spacial score (nSPS) is 11.2. The van der Waals surface area contributed by atoms with Crippen LogP contribution in [0.25, 0.3) is 0 Å². The van der Waals surface area contributed by atoms with E-state index in [1.54, 1.807) is 35.7 Å². The monoisotopic (exact) mass is 282 g/mol. The maximum absolute atomic E-state index is 12.0. The predicted octanol–water partition coefficient (Wildman–Crippen LogP) is 2.98. The zero-order valence-electron chi connectivity index (χ0n) is 9.88. The highest BCUT2D eigenvalue weighted by molar-refractivity contribution is 7.92. The Kier molecular flexibility index (Phi) is 3.88. The van der Waals surface area contributed by atoms with Crippen LogP contribution in [0, 0.1) is 0 Å². The van der Waals surface area contributed by atoms with Gasteiger partial charge >= 0.3 is 0 Å². The van der Waals surface area contributed by atoms with Crippen molar-refractivity contribution in [2.24, 2.45) is 0 Å². The van der Waals surface area contributed by atoms with Crippen molar-refractivity contribution in [3.63, 3.8) is 0 Å². The van der Waals surface area contributed by atoms with Gasteiger partial charge in [-0.25, -0.2) is 8.42 Å². The van der Waals surface area contributed by atoms with E-state index in [1.807, 2.05) is 12.3 Å². The lowest BCUT2D eigenvalue weighted by Gasteiger charge is -2.07. The summed E-state index contributed by atoms with van der Waals surface area (Å²) in [4.78, 5) is 0.260. The molecular weight excluding hydrogens is 268 g/mol. The summed E-state index contributed by atoms with van der Waals surface area (Å²) in [6, 6.07) is 8.42. The molecule has 0 aliphatic heterocycles. The minimum Gasteiger partial charge on any atom is -0.385 e. The van der Waals surface area contributed by atoms with Crippen molar-refractivity contribution >= 4 is 32.7 Å². The Morgan fingerprint density at radius 3 is 2.39 bits per heavy atom. The van der Waals surface area contributed by atoms with Gasteiger partial charge in [-0.1, -0.05) is 0 Å². The van der Waals surface area contributed by atoms with Crippen LogP contribution in [0.1, 0.15) is 6.92 Å². The summed E-state index contributed by atoms with van der Waals surface area (Å²) < 4.78 is 26.6. The maximum Gasteiger partial charge on any atom is 0.261 e. The Bertz CT molecular complexity index is 590. The lowest BCUT2D eigenvalue weighted by molar-refractivity contribution is 0.601. The number of anilines is 2. The van der Waals surface area contributed by atoms with Crippen LogP contribution >= 0.6 is 11.3 Å². The molecular formula is C12H14N2O2S2. The van der Waals surface area contributed by atoms with E-state index < -0.39 is 10.0 Å². The average Bonchev–Trinajstić information content (AvgIpc) is 2.82. The van der Waals surface area contributed by atoms with E-state index in [0.717, 1.165) is 12.2 Å². The van der Waals surface area contributed by atoms with Crippen LogP contribution in [0.4, 0.5) is 11.4 Å². The summed E-state index contributed by atoms with van der Waals surface area (Å²) in [6.45, 7) is 2.79. The summed E-state index contributed by atoms with van der Waals surface area (Å²) >= 11 is 1.45. The molecule has 0 fully saturated rings. The number of rotatable bonds is 5. The first kappa shape index (κ1) is 12.9. The topological polar surface area (TPSA) is 58.2 Å². The van der Waals surface area contributed by atoms with E-state index in [1.165, 1.54) is 11.3 Å². The number of benzene rings is 1. The molecule has 0 amide bonds. The van der Waals surface area contributed by atoms with Gasteiger partial charge in [0.25, 0.3) is 10.0 Å². The molecule has 0 aliphatic rings. The summed E-state index contributed by atoms with van der Waals surface area (Å²) in [7, 11) is -3.49. The van der Waals surface area contributed by atoms with Crippen molar-refractivity contribution in [1.29, 1.82) is 0 Å². The SMILES string of the molecule is CCNc1ccc(S(=O)(=O)Nc2ccsc2)cc1. The van der Waals surface area contributed by atoms with Gasteiger partial charge in [-0.05, 0) is 42.6 Å². The minimum atomic E-state index is -3.49. The Labute approximate surface area is 111 Å². The second-order valence-corrected chi connectivity index (χ2v) is 6.13. The zero-order chi connectivity index (χ0) is 13.0. The van der Waals surface area contributed by atoms with Crippen LogP contribution in [0.3, 0.4) is 0 Å². The molecule has 0 bridgehead atoms. The predicted molar refractivity (Wildman–Crippen MR) is 75.7 cm³/mol. The first-order valence-electron chi connectivity index (χ1n) is 5.51. The van der Waals surface area contributed by atoms with Gasteiger partial charge in [0.2, 0.25) is 0 Å². The molecule has 18 heavy (non-hydrogen) atoms. The molecule has 6 heteroatoms. The van der Waals surface area contributed by atoms with Crippen LogP contribution in [0.2, 0.25) is 0 Å². The molecule has 1 aromatic heterocycles. The van der Waals surface area contributed by atoms with Crippen LogP contribution < -0.4 is 10.0 Å². The van der Waals surface area contributed by atoms with Crippen LogP contribution in [0.15, 0.2) is 46.0 Å². The van der Waals surface area contributed by atoms with Crippen molar-refractivity contribution in [2.75, 3.05) is 16.6 Å². The molecule has 1 aromatic carbocycles. The largest absolute Gasteiger partial charge is 0.385 e. The fourth-order valence-corrected chi connectivity index (χ4v) is 3.20. The first-order chi connectivity index (χ1) is 8.62. The molecule has 0 saturated carbocycles. The van der Waals surface area contributed by atoms with Crippen molar-refractivity contribution in [2.45, 2.75) is 11.8 Å². The third-order valence-electron chi connectivity index (χ3n) is 2.32. The average molecular weight is 282 g/mol. The van der Waals surface area contributed by atoms with Gasteiger partial charge in [0.05, 0.1) is 10.6 Å². The molecule has 4 nitrogen and oxygen atoms in total. The number of nitrogens with one attached hydrogen (secondary N) is 2. The van der Waals surface area contributed by atoms with Gasteiger partial charge in [0.1, 0.15) is 0 Å². The lowest BCUT2D eigenvalue weighted by Crippen LogP contribution is -2.12. The highest BCUT2D eigenvalue weighted by Crippen LogP contribution is 2.19. The third-order valence-corrected chi connectivity index (χ3v) is 4.40. The van der Waals surface area contributed by atoms with Crippen LogP contribution in [0.5, 0.6) is 0 Å². The van der Waals surface area contributed by atoms with Gasteiger partial charge in [-0.2, -0.15) is 11.3 Å². The molecule has 0 aliphatic carbocycles. The molecule has 2 aromatic rings. The Morgan fingerprint density at radius 2 is 1.83 bits per heavy atom. The number of sulfonamides is 1. The molecule has 1 heterocycles. The van der Waals surface area contributed by atoms with Gasteiger partial charge < -0.3 is 5.32 Å². The number of hydrogen-bond donors (Lipinski definition) is 2. The molecule has 2 N–H and O–H groups in total. The minimum absolute atomic E-state index is 0.260. The standard InChI is InChI=1S/C12H14N2O2S2/c1-2-13-10-3-5-12(6-4-10)18(15,16)14-11-7-8-17-9-11/h3-9,13-14H,2H2,1H3. The molecule has 0 radical (unpaired) electrons. The fourth-order valence-electron chi connectivity index (χ4n) is 1.49. The molecule has 2 rings (SSSR count). The van der Waals surface area contributed by atoms with E-state index in [-0.39, 0.29) is 4.90 Å². The molecule has 0 saturated heterocycles. The number of thiophene rings is 1. The van der Waals surface area contributed by atoms with Crippen molar-refractivity contribution in [3.8, 4) is 0 Å². The summed E-state index contributed by atoms with van der Waals surface area (Å²) in [5.41, 5.74) is 1.50. The number of hydrogen-bond acceptors (Lipinski definition) is 4. The van der Waals surface area contributed by atoms with E-state index in [2.05, 4.69) is 10.0 Å². The quantitative estimate of drug-likeness (QED) is 0.886. The van der Waals surface area contributed by atoms with E-state index in [9.17, 15) is 8.42 Å². The van der Waals surface area contributed by atoms with E-state index >= 15 is 0 Å². The first-order valence-corrected chi connectivity index (χ1v) is 7.93. The Balaban J connectivity index is 2.19. The van der Waals surface area contributed by atoms with Gasteiger partial charge in [-0.3, -0.25) is 4.72 Å². The van der Waals surface area contributed by atoms with E-state index in [0.29, 0.717) is 5.69 Å². The van der Waals surface area contributed by atoms with Crippen molar-refractivity contribution in [3.05, 3.63) is 41.1 Å². The van der Waals surface area contributed by atoms with Gasteiger partial charge in [0.15, 0.2) is 0 Å². The summed E-state index contributed by atoms with van der Waals surface area (Å²) in [5.74, 6) is 0. The highest BCUT2D eigenvalue weighted by atomic mass is 32.2. The fraction of sp³-hybridized carbons (Fsp3) is 0.167. The van der Waals surface area contributed by atoms with Crippen LogP contribution in [-0.4, -0.2) is 15.0 Å². The smallest absolute Gasteiger partial charge is 0.261 e. The van der Waals surface area contributed by atoms with Gasteiger partial charge in [0, 0.05) is 17.6 Å². The summed E-state index contributed by atoms with van der Waals surface area (Å²) in [5, 5.41) is 6.70. The molecule has 0 atom stereocenters. The lowest BCUT2D eigenvalue weighted by atomic mass is 10.3. The van der Waals surface area contributed by atoms with Crippen LogP contribution in [-0.2, 0) is 10.0 Å². The second kappa shape index (κ2) is 5.41.